The summed E-state index contributed by atoms with van der Waals surface area (Å²) in [7, 11) is 1.71. The maximum Gasteiger partial charge on any atom is 0.196 e. The van der Waals surface area contributed by atoms with Gasteiger partial charge in [-0.15, -0.1) is 0 Å². The van der Waals surface area contributed by atoms with E-state index < -0.39 is 0 Å². The average Bonchev–Trinajstić information content (AvgIpc) is 1.61. The first kappa shape index (κ1) is 5.45. The normalized spacial score (nSPS) is 7.33. The van der Waals surface area contributed by atoms with Crippen molar-refractivity contribution in [2.75, 3.05) is 20.1 Å². The van der Waals surface area contributed by atoms with Gasteiger partial charge in [0.1, 0.15) is 0 Å². The second-order valence-corrected chi connectivity index (χ2v) is 0.922. The molecule has 0 aromatic heterocycles. The third kappa shape index (κ3) is 3.45. The molecule has 0 aliphatic heterocycles. The summed E-state index contributed by atoms with van der Waals surface area (Å²) in [5.41, 5.74) is 0. The topological polar surface area (TPSA) is 18.5 Å². The van der Waals surface area contributed by atoms with Crippen LogP contribution in [-0.4, -0.2) is 20.1 Å². The molecule has 0 saturated heterocycles. The SMILES string of the molecule is [C-]#[N+]CC[N-]C. The lowest BCUT2D eigenvalue weighted by Crippen LogP contribution is -1.81. The Hall–Kier alpha value is -0.550. The van der Waals surface area contributed by atoms with Crippen LogP contribution in [-0.2, 0) is 0 Å². The van der Waals surface area contributed by atoms with Gasteiger partial charge in [-0.25, -0.2) is 6.57 Å². The molecule has 0 radical (unpaired) electrons. The molecule has 6 heavy (non-hydrogen) atoms. The molecule has 0 rings (SSSR count). The number of rotatable bonds is 2. The maximum atomic E-state index is 6.27. The standard InChI is InChI=1S/C4H7N2/c1-5-3-4-6-2/h3-4H2,1H3/q-1. The summed E-state index contributed by atoms with van der Waals surface area (Å²) < 4.78 is 0. The van der Waals surface area contributed by atoms with Gasteiger partial charge in [0.05, 0.1) is 0 Å². The highest BCUT2D eigenvalue weighted by Gasteiger charge is 1.64. The molecule has 0 fully saturated rings. The highest BCUT2D eigenvalue weighted by atomic mass is 14.8. The molecule has 0 saturated carbocycles. The summed E-state index contributed by atoms with van der Waals surface area (Å²) in [5, 5.41) is 3.71. The van der Waals surface area contributed by atoms with Crippen molar-refractivity contribution in [3.8, 4) is 0 Å². The molecule has 0 amide bonds. The van der Waals surface area contributed by atoms with E-state index in [1.165, 1.54) is 0 Å². The third-order valence-electron chi connectivity index (χ3n) is 0.435. The molecule has 34 valence electrons. The number of hydrogen-bond donors (Lipinski definition) is 0. The molecule has 0 aromatic rings. The van der Waals surface area contributed by atoms with E-state index in [4.69, 9.17) is 6.57 Å². The highest BCUT2D eigenvalue weighted by Crippen LogP contribution is 1.74. The summed E-state index contributed by atoms with van der Waals surface area (Å²) in [6, 6.07) is 0. The van der Waals surface area contributed by atoms with Crippen LogP contribution in [0, 0.1) is 6.57 Å². The van der Waals surface area contributed by atoms with Crippen molar-refractivity contribution in [1.82, 2.24) is 0 Å². The zero-order valence-corrected chi connectivity index (χ0v) is 3.81. The van der Waals surface area contributed by atoms with Gasteiger partial charge in [-0.3, -0.25) is 0 Å². The van der Waals surface area contributed by atoms with Gasteiger partial charge in [0, 0.05) is 0 Å². The van der Waals surface area contributed by atoms with Crippen molar-refractivity contribution in [3.63, 3.8) is 0 Å². The van der Waals surface area contributed by atoms with E-state index in [1.54, 1.807) is 7.05 Å². The monoisotopic (exact) mass is 83.1 g/mol. The Kier molecular flexibility index (Phi) is 4.04. The van der Waals surface area contributed by atoms with Crippen molar-refractivity contribution >= 4 is 0 Å². The fraction of sp³-hybridized carbons (Fsp3) is 0.750. The lowest BCUT2D eigenvalue weighted by Gasteiger charge is -2.00. The zero-order valence-electron chi connectivity index (χ0n) is 3.81. The second-order valence-electron chi connectivity index (χ2n) is 0.922. The van der Waals surface area contributed by atoms with Crippen LogP contribution in [0.5, 0.6) is 0 Å². The third-order valence-corrected chi connectivity index (χ3v) is 0.435. The Labute approximate surface area is 38.0 Å². The predicted molar refractivity (Wildman–Crippen MR) is 25.6 cm³/mol. The minimum atomic E-state index is 0.538. The van der Waals surface area contributed by atoms with Crippen LogP contribution in [0.25, 0.3) is 10.2 Å². The molecule has 0 unspecified atom stereocenters. The molecular weight excluding hydrogens is 76.1 g/mol. The fourth-order valence-electron chi connectivity index (χ4n) is 0.150. The molecule has 0 aromatic carbocycles. The summed E-state index contributed by atoms with van der Waals surface area (Å²) in [4.78, 5) is 3.08. The molecule has 2 heteroatoms. The van der Waals surface area contributed by atoms with E-state index in [9.17, 15) is 0 Å². The van der Waals surface area contributed by atoms with Crippen LogP contribution in [0.1, 0.15) is 0 Å². The van der Waals surface area contributed by atoms with Crippen molar-refractivity contribution in [2.45, 2.75) is 0 Å². The van der Waals surface area contributed by atoms with Gasteiger partial charge in [-0.05, 0) is 0 Å². The Morgan fingerprint density at radius 2 is 2.50 bits per heavy atom. The lowest BCUT2D eigenvalue weighted by atomic mass is 10.7. The predicted octanol–water partition coefficient (Wildman–Crippen LogP) is 0.909. The molecule has 0 spiro atoms. The first-order valence-corrected chi connectivity index (χ1v) is 1.80. The van der Waals surface area contributed by atoms with Crippen molar-refractivity contribution < 1.29 is 0 Å². The van der Waals surface area contributed by atoms with Crippen molar-refractivity contribution in [1.29, 1.82) is 0 Å². The van der Waals surface area contributed by atoms with Gasteiger partial charge in [0.15, 0.2) is 6.54 Å². The number of likely N-dealkylation sites (N-methyl/N-ethyl adjacent to an activating group) is 1. The first-order chi connectivity index (χ1) is 2.91. The van der Waals surface area contributed by atoms with Gasteiger partial charge in [-0.1, -0.05) is 6.54 Å². The van der Waals surface area contributed by atoms with Crippen LogP contribution in [0.4, 0.5) is 0 Å². The van der Waals surface area contributed by atoms with Crippen LogP contribution in [0.2, 0.25) is 0 Å². The fourth-order valence-corrected chi connectivity index (χ4v) is 0.150. The van der Waals surface area contributed by atoms with Gasteiger partial charge in [0.25, 0.3) is 0 Å². The molecule has 0 aliphatic rings. The number of nitrogens with zero attached hydrogens (tertiary/aromatic N) is 2. The van der Waals surface area contributed by atoms with Gasteiger partial charge >= 0.3 is 0 Å². The minimum Gasteiger partial charge on any atom is -0.659 e. The molecule has 2 nitrogen and oxygen atoms in total. The van der Waals surface area contributed by atoms with Crippen LogP contribution >= 0.6 is 0 Å². The average molecular weight is 83.1 g/mol. The van der Waals surface area contributed by atoms with E-state index in [1.807, 2.05) is 0 Å². The van der Waals surface area contributed by atoms with Crippen LogP contribution < -0.4 is 0 Å². The minimum absolute atomic E-state index is 0.538. The van der Waals surface area contributed by atoms with E-state index in [-0.39, 0.29) is 0 Å². The molecule has 0 bridgehead atoms. The van der Waals surface area contributed by atoms with E-state index in [0.29, 0.717) is 13.1 Å². The number of hydrogen-bond acceptors (Lipinski definition) is 0. The largest absolute Gasteiger partial charge is 0.659 e. The van der Waals surface area contributed by atoms with E-state index in [0.717, 1.165) is 0 Å². The van der Waals surface area contributed by atoms with Gasteiger partial charge in [0.2, 0.25) is 0 Å². The second kappa shape index (κ2) is 4.45. The summed E-state index contributed by atoms with van der Waals surface area (Å²) in [6.07, 6.45) is 0. The molecular formula is C4H7N2-. The molecule has 0 atom stereocenters. The molecule has 0 heterocycles. The smallest absolute Gasteiger partial charge is 0.196 e. The summed E-state index contributed by atoms with van der Waals surface area (Å²) >= 11 is 0. The van der Waals surface area contributed by atoms with Crippen molar-refractivity contribution in [3.05, 3.63) is 16.7 Å². The Balaban J connectivity index is 2.54. The Morgan fingerprint density at radius 3 is 2.67 bits per heavy atom. The summed E-state index contributed by atoms with van der Waals surface area (Å²) in [5.74, 6) is 0. The van der Waals surface area contributed by atoms with Crippen LogP contribution in [0.3, 0.4) is 0 Å². The van der Waals surface area contributed by atoms with E-state index >= 15 is 0 Å². The highest BCUT2D eigenvalue weighted by molar-refractivity contribution is 4.75. The van der Waals surface area contributed by atoms with E-state index in [2.05, 4.69) is 10.2 Å². The molecule has 0 aliphatic carbocycles. The lowest BCUT2D eigenvalue weighted by molar-refractivity contribution is 1.18. The maximum absolute atomic E-state index is 6.27. The molecule has 0 N–H and O–H groups in total. The van der Waals surface area contributed by atoms with Gasteiger partial charge in [-0.2, -0.15) is 7.05 Å². The Bertz CT molecular complexity index is 53.1. The summed E-state index contributed by atoms with van der Waals surface area (Å²) in [6.45, 7) is 7.49. The first-order valence-electron chi connectivity index (χ1n) is 1.80. The quantitative estimate of drug-likeness (QED) is 0.349. The van der Waals surface area contributed by atoms with Crippen LogP contribution in [0.15, 0.2) is 0 Å². The van der Waals surface area contributed by atoms with Gasteiger partial charge < -0.3 is 10.2 Å². The Morgan fingerprint density at radius 1 is 1.83 bits per heavy atom. The zero-order chi connectivity index (χ0) is 4.83. The van der Waals surface area contributed by atoms with Crippen molar-refractivity contribution in [2.24, 2.45) is 0 Å².